The number of aromatic nitrogens is 1. The van der Waals surface area contributed by atoms with Crippen LogP contribution in [0.1, 0.15) is 37.5 Å². The highest BCUT2D eigenvalue weighted by Crippen LogP contribution is 2.23. The van der Waals surface area contributed by atoms with Crippen molar-refractivity contribution >= 4 is 34.8 Å². The van der Waals surface area contributed by atoms with E-state index >= 15 is 0 Å². The smallest absolute Gasteiger partial charge is 0.274 e. The maximum absolute atomic E-state index is 12.7. The van der Waals surface area contributed by atoms with E-state index in [0.717, 1.165) is 22.4 Å². The molecule has 0 spiro atoms. The molecule has 0 unspecified atom stereocenters. The van der Waals surface area contributed by atoms with Crippen molar-refractivity contribution in [3.05, 3.63) is 87.7 Å². The number of pyridine rings is 1. The largest absolute Gasteiger partial charge is 0.322 e. The molecule has 0 bridgehead atoms. The number of anilines is 2. The van der Waals surface area contributed by atoms with Gasteiger partial charge in [0.2, 0.25) is 0 Å². The van der Waals surface area contributed by atoms with Gasteiger partial charge in [0.05, 0.1) is 10.7 Å². The molecule has 0 saturated heterocycles. The monoisotopic (exact) mass is 393 g/mol. The molecule has 1 aromatic heterocycles. The maximum Gasteiger partial charge on any atom is 0.274 e. The topological polar surface area (TPSA) is 71.1 Å². The summed E-state index contributed by atoms with van der Waals surface area (Å²) in [5, 5.41) is 6.06. The van der Waals surface area contributed by atoms with Crippen molar-refractivity contribution in [2.45, 2.75) is 20.8 Å². The van der Waals surface area contributed by atoms with Crippen LogP contribution in [0.3, 0.4) is 0 Å². The quantitative estimate of drug-likeness (QED) is 0.642. The van der Waals surface area contributed by atoms with Gasteiger partial charge in [-0.2, -0.15) is 0 Å². The van der Waals surface area contributed by atoms with Crippen LogP contribution in [-0.4, -0.2) is 16.8 Å². The summed E-state index contributed by atoms with van der Waals surface area (Å²) < 4.78 is 0. The van der Waals surface area contributed by atoms with Crippen LogP contribution in [0.2, 0.25) is 5.02 Å². The standard InChI is InChI=1S/C22H20ClN3O2/c1-13-10-14(2)20(15(3)11-13)26-21(27)16-8-9-24-19(12-16)22(28)25-18-7-5-4-6-17(18)23/h4-12H,1-3H3,(H,25,28)(H,26,27). The van der Waals surface area contributed by atoms with Crippen molar-refractivity contribution in [3.8, 4) is 0 Å². The average Bonchev–Trinajstić information content (AvgIpc) is 2.66. The van der Waals surface area contributed by atoms with E-state index in [1.54, 1.807) is 30.3 Å². The van der Waals surface area contributed by atoms with Gasteiger partial charge in [-0.25, -0.2) is 0 Å². The predicted molar refractivity (Wildman–Crippen MR) is 112 cm³/mol. The third-order valence-corrected chi connectivity index (χ3v) is 4.62. The van der Waals surface area contributed by atoms with Crippen LogP contribution >= 0.6 is 11.6 Å². The number of halogens is 1. The van der Waals surface area contributed by atoms with Gasteiger partial charge in [0.25, 0.3) is 11.8 Å². The van der Waals surface area contributed by atoms with Gasteiger partial charge < -0.3 is 10.6 Å². The average molecular weight is 394 g/mol. The molecule has 2 amide bonds. The van der Waals surface area contributed by atoms with Crippen molar-refractivity contribution in [2.75, 3.05) is 10.6 Å². The van der Waals surface area contributed by atoms with Crippen molar-refractivity contribution in [1.29, 1.82) is 0 Å². The number of carbonyl (C=O) groups excluding carboxylic acids is 2. The first-order chi connectivity index (χ1) is 13.3. The van der Waals surface area contributed by atoms with E-state index in [0.29, 0.717) is 16.3 Å². The van der Waals surface area contributed by atoms with Crippen LogP contribution in [0.25, 0.3) is 0 Å². The van der Waals surface area contributed by atoms with Crippen LogP contribution in [0.15, 0.2) is 54.7 Å². The molecule has 1 heterocycles. The number of carbonyl (C=O) groups is 2. The molecule has 2 aromatic carbocycles. The summed E-state index contributed by atoms with van der Waals surface area (Å²) in [6.45, 7) is 5.91. The minimum atomic E-state index is -0.439. The summed E-state index contributed by atoms with van der Waals surface area (Å²) in [5.41, 5.74) is 4.83. The second-order valence-electron chi connectivity index (χ2n) is 6.59. The number of rotatable bonds is 4. The van der Waals surface area contributed by atoms with E-state index in [4.69, 9.17) is 11.6 Å². The lowest BCUT2D eigenvalue weighted by atomic mass is 10.0. The predicted octanol–water partition coefficient (Wildman–Crippen LogP) is 5.16. The van der Waals surface area contributed by atoms with E-state index in [9.17, 15) is 9.59 Å². The lowest BCUT2D eigenvalue weighted by Crippen LogP contribution is -2.17. The number of para-hydroxylation sites is 1. The number of hydrogen-bond donors (Lipinski definition) is 2. The van der Waals surface area contributed by atoms with Crippen LogP contribution in [0.5, 0.6) is 0 Å². The minimum Gasteiger partial charge on any atom is -0.322 e. The van der Waals surface area contributed by atoms with Gasteiger partial charge in [-0.1, -0.05) is 41.4 Å². The maximum atomic E-state index is 12.7. The Kier molecular flexibility index (Phi) is 5.76. The molecule has 0 atom stereocenters. The van der Waals surface area contributed by atoms with Gasteiger partial charge >= 0.3 is 0 Å². The summed E-state index contributed by atoms with van der Waals surface area (Å²) in [5.74, 6) is -0.741. The molecule has 142 valence electrons. The highest BCUT2D eigenvalue weighted by atomic mass is 35.5. The van der Waals surface area contributed by atoms with Gasteiger partial charge in [0.15, 0.2) is 0 Å². The summed E-state index contributed by atoms with van der Waals surface area (Å²) in [7, 11) is 0. The van der Waals surface area contributed by atoms with Crippen LogP contribution in [0.4, 0.5) is 11.4 Å². The Morgan fingerprint density at radius 3 is 2.25 bits per heavy atom. The van der Waals surface area contributed by atoms with Gasteiger partial charge in [0, 0.05) is 17.4 Å². The number of nitrogens with zero attached hydrogens (tertiary/aromatic N) is 1. The zero-order valence-electron chi connectivity index (χ0n) is 15.8. The summed E-state index contributed by atoms with van der Waals surface area (Å²) in [6.07, 6.45) is 1.44. The zero-order chi connectivity index (χ0) is 20.3. The molecular weight excluding hydrogens is 374 g/mol. The van der Waals surface area contributed by atoms with E-state index in [1.165, 1.54) is 12.3 Å². The normalized spacial score (nSPS) is 10.4. The first kappa shape index (κ1) is 19.6. The number of nitrogens with one attached hydrogen (secondary N) is 2. The number of hydrogen-bond acceptors (Lipinski definition) is 3. The van der Waals surface area contributed by atoms with Gasteiger partial charge in [-0.05, 0) is 56.2 Å². The fourth-order valence-corrected chi connectivity index (χ4v) is 3.19. The first-order valence-corrected chi connectivity index (χ1v) is 9.14. The zero-order valence-corrected chi connectivity index (χ0v) is 16.6. The highest BCUT2D eigenvalue weighted by molar-refractivity contribution is 6.33. The number of amides is 2. The summed E-state index contributed by atoms with van der Waals surface area (Å²) in [6, 6.07) is 14.0. The van der Waals surface area contributed by atoms with Crippen molar-refractivity contribution in [3.63, 3.8) is 0 Å². The summed E-state index contributed by atoms with van der Waals surface area (Å²) >= 11 is 6.07. The van der Waals surface area contributed by atoms with E-state index in [-0.39, 0.29) is 11.6 Å². The lowest BCUT2D eigenvalue weighted by Gasteiger charge is -2.13. The third-order valence-electron chi connectivity index (χ3n) is 4.29. The molecule has 28 heavy (non-hydrogen) atoms. The lowest BCUT2D eigenvalue weighted by molar-refractivity contribution is 0.102. The Balaban J connectivity index is 1.80. The van der Waals surface area contributed by atoms with E-state index in [2.05, 4.69) is 15.6 Å². The Labute approximate surface area is 168 Å². The van der Waals surface area contributed by atoms with Crippen molar-refractivity contribution < 1.29 is 9.59 Å². The van der Waals surface area contributed by atoms with E-state index in [1.807, 2.05) is 32.9 Å². The highest BCUT2D eigenvalue weighted by Gasteiger charge is 2.15. The molecule has 3 rings (SSSR count). The third kappa shape index (κ3) is 4.38. The SMILES string of the molecule is Cc1cc(C)c(NC(=O)c2ccnc(C(=O)Nc3ccccc3Cl)c2)c(C)c1. The molecule has 6 heteroatoms. The summed E-state index contributed by atoms with van der Waals surface area (Å²) in [4.78, 5) is 29.2. The van der Waals surface area contributed by atoms with E-state index < -0.39 is 5.91 Å². The molecule has 0 aliphatic carbocycles. The Morgan fingerprint density at radius 2 is 1.57 bits per heavy atom. The van der Waals surface area contributed by atoms with Crippen LogP contribution in [0, 0.1) is 20.8 Å². The van der Waals surface area contributed by atoms with Gasteiger partial charge in [0.1, 0.15) is 5.69 Å². The molecule has 3 aromatic rings. The van der Waals surface area contributed by atoms with Gasteiger partial charge in [-0.15, -0.1) is 0 Å². The molecule has 2 N–H and O–H groups in total. The minimum absolute atomic E-state index is 0.130. The molecule has 0 aliphatic heterocycles. The molecule has 0 fully saturated rings. The number of aryl methyl sites for hydroxylation is 3. The Bertz CT molecular complexity index is 1040. The molecule has 0 saturated carbocycles. The second kappa shape index (κ2) is 8.23. The molecule has 0 radical (unpaired) electrons. The fourth-order valence-electron chi connectivity index (χ4n) is 3.01. The Morgan fingerprint density at radius 1 is 0.893 bits per heavy atom. The number of benzene rings is 2. The fraction of sp³-hybridized carbons (Fsp3) is 0.136. The molecule has 5 nitrogen and oxygen atoms in total. The van der Waals surface area contributed by atoms with Crippen molar-refractivity contribution in [1.82, 2.24) is 4.98 Å². The van der Waals surface area contributed by atoms with Crippen molar-refractivity contribution in [2.24, 2.45) is 0 Å². The molecule has 0 aliphatic rings. The molecular formula is C22H20ClN3O2. The van der Waals surface area contributed by atoms with Gasteiger partial charge in [-0.3, -0.25) is 14.6 Å². The first-order valence-electron chi connectivity index (χ1n) is 8.76. The van der Waals surface area contributed by atoms with Crippen LogP contribution in [-0.2, 0) is 0 Å². The Hall–Kier alpha value is -3.18. The second-order valence-corrected chi connectivity index (χ2v) is 7.00. The van der Waals surface area contributed by atoms with Crippen LogP contribution < -0.4 is 10.6 Å².